The Balaban J connectivity index is 2.48. The summed E-state index contributed by atoms with van der Waals surface area (Å²) in [5.41, 5.74) is 0.939. The molecule has 0 fully saturated rings. The zero-order valence-corrected chi connectivity index (χ0v) is 9.66. The number of halogens is 2. The van der Waals surface area contributed by atoms with Crippen molar-refractivity contribution in [3.8, 4) is 5.69 Å². The summed E-state index contributed by atoms with van der Waals surface area (Å²) in [6.07, 6.45) is 0. The first-order valence-corrected chi connectivity index (χ1v) is 5.20. The van der Waals surface area contributed by atoms with Crippen LogP contribution in [-0.4, -0.2) is 15.0 Å². The fourth-order valence-electron chi connectivity index (χ4n) is 0.948. The van der Waals surface area contributed by atoms with E-state index in [9.17, 15) is 0 Å². The predicted octanol–water partition coefficient (Wildman–Crippen LogP) is 2.79. The Labute approximate surface area is 92.0 Å². The van der Waals surface area contributed by atoms with Crippen molar-refractivity contribution in [3.05, 3.63) is 39.5 Å². The second kappa shape index (κ2) is 3.59. The van der Waals surface area contributed by atoms with Crippen molar-refractivity contribution in [3.63, 3.8) is 0 Å². The minimum atomic E-state index is 0.705. The van der Waals surface area contributed by atoms with Gasteiger partial charge in [0.15, 0.2) is 9.21 Å². The standard InChI is InChI=1S/C8H5Br2N3/c9-7-8(10)12-13(11-7)6-4-2-1-3-5-6/h1-5H. The fraction of sp³-hybridized carbons (Fsp3) is 0. The van der Waals surface area contributed by atoms with Crippen molar-refractivity contribution < 1.29 is 0 Å². The van der Waals surface area contributed by atoms with E-state index in [2.05, 4.69) is 42.1 Å². The van der Waals surface area contributed by atoms with Gasteiger partial charge in [-0.1, -0.05) is 18.2 Å². The van der Waals surface area contributed by atoms with Crippen LogP contribution >= 0.6 is 31.9 Å². The van der Waals surface area contributed by atoms with Crippen LogP contribution in [-0.2, 0) is 0 Å². The second-order valence-electron chi connectivity index (χ2n) is 2.41. The van der Waals surface area contributed by atoms with Crippen LogP contribution in [0.1, 0.15) is 0 Å². The molecule has 0 bridgehead atoms. The molecule has 66 valence electrons. The van der Waals surface area contributed by atoms with Gasteiger partial charge in [0.05, 0.1) is 5.69 Å². The largest absolute Gasteiger partial charge is 0.163 e. The summed E-state index contributed by atoms with van der Waals surface area (Å²) in [5.74, 6) is 0. The van der Waals surface area contributed by atoms with E-state index in [-0.39, 0.29) is 0 Å². The summed E-state index contributed by atoms with van der Waals surface area (Å²) >= 11 is 6.54. The molecule has 5 heteroatoms. The molecule has 0 saturated carbocycles. The second-order valence-corrected chi connectivity index (χ2v) is 3.91. The first-order chi connectivity index (χ1) is 6.27. The van der Waals surface area contributed by atoms with Gasteiger partial charge in [-0.3, -0.25) is 0 Å². The van der Waals surface area contributed by atoms with Crippen LogP contribution in [0, 0.1) is 0 Å². The third kappa shape index (κ3) is 1.81. The maximum Gasteiger partial charge on any atom is 0.163 e. The Morgan fingerprint density at radius 1 is 0.923 bits per heavy atom. The van der Waals surface area contributed by atoms with E-state index in [1.807, 2.05) is 30.3 Å². The zero-order valence-electron chi connectivity index (χ0n) is 6.48. The van der Waals surface area contributed by atoms with Gasteiger partial charge in [0.1, 0.15) is 0 Å². The topological polar surface area (TPSA) is 30.7 Å². The van der Waals surface area contributed by atoms with Crippen LogP contribution in [0.5, 0.6) is 0 Å². The SMILES string of the molecule is Brc1nn(-c2ccccc2)nc1Br. The molecule has 0 unspecified atom stereocenters. The molecule has 0 aliphatic carbocycles. The van der Waals surface area contributed by atoms with Gasteiger partial charge in [0, 0.05) is 0 Å². The number of hydrogen-bond donors (Lipinski definition) is 0. The Hall–Kier alpha value is -0.680. The molecule has 3 nitrogen and oxygen atoms in total. The van der Waals surface area contributed by atoms with Gasteiger partial charge < -0.3 is 0 Å². The first kappa shape index (κ1) is 8.90. The molecule has 0 radical (unpaired) electrons. The summed E-state index contributed by atoms with van der Waals surface area (Å²) in [6.45, 7) is 0. The van der Waals surface area contributed by atoms with E-state index < -0.39 is 0 Å². The number of benzene rings is 1. The van der Waals surface area contributed by atoms with Crippen molar-refractivity contribution in [1.82, 2.24) is 15.0 Å². The summed E-state index contributed by atoms with van der Waals surface area (Å²) in [7, 11) is 0. The monoisotopic (exact) mass is 301 g/mol. The third-order valence-corrected chi connectivity index (χ3v) is 3.12. The molecule has 1 aromatic carbocycles. The molecule has 0 N–H and O–H groups in total. The predicted molar refractivity (Wildman–Crippen MR) is 56.8 cm³/mol. The van der Waals surface area contributed by atoms with Crippen molar-refractivity contribution in [2.45, 2.75) is 0 Å². The number of aromatic nitrogens is 3. The van der Waals surface area contributed by atoms with Gasteiger partial charge >= 0.3 is 0 Å². The fourth-order valence-corrected chi connectivity index (χ4v) is 1.41. The van der Waals surface area contributed by atoms with E-state index in [4.69, 9.17) is 0 Å². The molecule has 2 aromatic rings. The first-order valence-electron chi connectivity index (χ1n) is 3.61. The van der Waals surface area contributed by atoms with Crippen LogP contribution in [0.2, 0.25) is 0 Å². The lowest BCUT2D eigenvalue weighted by Gasteiger charge is -1.95. The molecule has 0 spiro atoms. The maximum atomic E-state index is 4.16. The quantitative estimate of drug-likeness (QED) is 0.811. The van der Waals surface area contributed by atoms with Crippen LogP contribution in [0.15, 0.2) is 39.5 Å². The summed E-state index contributed by atoms with van der Waals surface area (Å²) in [5, 5.41) is 8.31. The van der Waals surface area contributed by atoms with Crippen LogP contribution in [0.4, 0.5) is 0 Å². The zero-order chi connectivity index (χ0) is 9.26. The molecule has 13 heavy (non-hydrogen) atoms. The number of rotatable bonds is 1. The molecular formula is C8H5Br2N3. The minimum absolute atomic E-state index is 0.705. The Morgan fingerprint density at radius 2 is 1.46 bits per heavy atom. The molecule has 0 aliphatic heterocycles. The average Bonchev–Trinajstić information content (AvgIpc) is 2.49. The normalized spacial score (nSPS) is 10.3. The molecule has 0 aliphatic rings. The highest BCUT2D eigenvalue weighted by molar-refractivity contribution is 9.13. The van der Waals surface area contributed by atoms with Crippen LogP contribution in [0.3, 0.4) is 0 Å². The Bertz CT molecular complexity index is 391. The Morgan fingerprint density at radius 3 is 2.00 bits per heavy atom. The lowest BCUT2D eigenvalue weighted by molar-refractivity contribution is 0.744. The van der Waals surface area contributed by atoms with Gasteiger partial charge in [-0.05, 0) is 44.0 Å². The molecule has 0 amide bonds. The van der Waals surface area contributed by atoms with E-state index in [1.165, 1.54) is 0 Å². The summed E-state index contributed by atoms with van der Waals surface area (Å²) < 4.78 is 1.41. The van der Waals surface area contributed by atoms with E-state index in [0.29, 0.717) is 9.21 Å². The van der Waals surface area contributed by atoms with E-state index >= 15 is 0 Å². The van der Waals surface area contributed by atoms with Crippen molar-refractivity contribution >= 4 is 31.9 Å². The van der Waals surface area contributed by atoms with Gasteiger partial charge in [-0.2, -0.15) is 0 Å². The average molecular weight is 303 g/mol. The van der Waals surface area contributed by atoms with E-state index in [1.54, 1.807) is 4.80 Å². The van der Waals surface area contributed by atoms with Crippen LogP contribution in [0.25, 0.3) is 5.69 Å². The lowest BCUT2D eigenvalue weighted by Crippen LogP contribution is -1.97. The molecule has 2 rings (SSSR count). The van der Waals surface area contributed by atoms with Crippen molar-refractivity contribution in [2.75, 3.05) is 0 Å². The van der Waals surface area contributed by atoms with Crippen molar-refractivity contribution in [1.29, 1.82) is 0 Å². The number of para-hydroxylation sites is 1. The summed E-state index contributed by atoms with van der Waals surface area (Å²) in [6, 6.07) is 9.73. The van der Waals surface area contributed by atoms with Crippen LogP contribution < -0.4 is 0 Å². The number of nitrogens with zero attached hydrogens (tertiary/aromatic N) is 3. The summed E-state index contributed by atoms with van der Waals surface area (Å²) in [4.78, 5) is 1.56. The smallest absolute Gasteiger partial charge is 0.149 e. The van der Waals surface area contributed by atoms with Gasteiger partial charge in [-0.15, -0.1) is 15.0 Å². The third-order valence-electron chi connectivity index (χ3n) is 1.52. The molecule has 0 saturated heterocycles. The molecule has 1 heterocycles. The van der Waals surface area contributed by atoms with E-state index in [0.717, 1.165) is 5.69 Å². The highest BCUT2D eigenvalue weighted by Gasteiger charge is 2.05. The molecular weight excluding hydrogens is 298 g/mol. The molecule has 1 aromatic heterocycles. The number of hydrogen-bond acceptors (Lipinski definition) is 2. The van der Waals surface area contributed by atoms with Gasteiger partial charge in [-0.25, -0.2) is 0 Å². The Kier molecular flexibility index (Phi) is 2.46. The highest BCUT2D eigenvalue weighted by atomic mass is 79.9. The van der Waals surface area contributed by atoms with Crippen molar-refractivity contribution in [2.24, 2.45) is 0 Å². The van der Waals surface area contributed by atoms with Gasteiger partial charge in [0.25, 0.3) is 0 Å². The van der Waals surface area contributed by atoms with Gasteiger partial charge in [0.2, 0.25) is 0 Å². The minimum Gasteiger partial charge on any atom is -0.149 e. The molecule has 0 atom stereocenters. The highest BCUT2D eigenvalue weighted by Crippen LogP contribution is 2.18. The maximum absolute atomic E-state index is 4.16. The lowest BCUT2D eigenvalue weighted by atomic mass is 10.3.